The van der Waals surface area contributed by atoms with Gasteiger partial charge in [0.15, 0.2) is 0 Å². The number of hydrogen-bond acceptors (Lipinski definition) is 2. The van der Waals surface area contributed by atoms with Crippen molar-refractivity contribution in [2.45, 2.75) is 58.3 Å². The van der Waals surface area contributed by atoms with E-state index in [0.717, 1.165) is 34.6 Å². The molecule has 0 spiro atoms. The minimum absolute atomic E-state index is 0.0884. The van der Waals surface area contributed by atoms with Gasteiger partial charge in [-0.05, 0) is 99.8 Å². The molecular formula is C51H45NO. The Kier molecular flexibility index (Phi) is 8.47. The monoisotopic (exact) mass is 687 g/mol. The van der Waals surface area contributed by atoms with Crippen LogP contribution in [0.1, 0.15) is 63.1 Å². The SMILES string of the molecule is CCCCCCc1cc2c(c3oc4ccc(N(c5ccc(-c6ccccc6)cc5)c5cccc(-c6ccccc6)c5)cc4c13)-c1ccccc1C2(C)C. The maximum atomic E-state index is 6.98. The van der Waals surface area contributed by atoms with Crippen molar-refractivity contribution in [1.29, 1.82) is 0 Å². The van der Waals surface area contributed by atoms with E-state index in [1.54, 1.807) is 0 Å². The van der Waals surface area contributed by atoms with Gasteiger partial charge in [-0.3, -0.25) is 0 Å². The average molecular weight is 688 g/mol. The second-order valence-electron chi connectivity index (χ2n) is 15.1. The Balaban J connectivity index is 1.24. The first-order chi connectivity index (χ1) is 26.0. The minimum atomic E-state index is -0.0884. The van der Waals surface area contributed by atoms with Gasteiger partial charge in [0.1, 0.15) is 11.2 Å². The highest BCUT2D eigenvalue weighted by atomic mass is 16.3. The van der Waals surface area contributed by atoms with E-state index in [0.29, 0.717) is 0 Å². The Morgan fingerprint density at radius 2 is 1.17 bits per heavy atom. The molecule has 0 atom stereocenters. The first-order valence-electron chi connectivity index (χ1n) is 19.2. The molecule has 1 aliphatic rings. The molecule has 1 heterocycles. The molecule has 0 saturated carbocycles. The Morgan fingerprint density at radius 1 is 0.528 bits per heavy atom. The van der Waals surface area contributed by atoms with E-state index in [-0.39, 0.29) is 5.41 Å². The number of aryl methyl sites for hydroxylation is 1. The van der Waals surface area contributed by atoms with Crippen molar-refractivity contribution in [3.63, 3.8) is 0 Å². The predicted molar refractivity (Wildman–Crippen MR) is 225 cm³/mol. The van der Waals surface area contributed by atoms with Gasteiger partial charge in [0, 0.05) is 38.8 Å². The van der Waals surface area contributed by atoms with Crippen LogP contribution in [-0.2, 0) is 11.8 Å². The predicted octanol–water partition coefficient (Wildman–Crippen LogP) is 14.8. The molecule has 260 valence electrons. The Hall–Kier alpha value is -5.86. The molecule has 1 aromatic heterocycles. The second-order valence-corrected chi connectivity index (χ2v) is 15.1. The lowest BCUT2D eigenvalue weighted by molar-refractivity contribution is 0.646. The summed E-state index contributed by atoms with van der Waals surface area (Å²) in [5, 5.41) is 2.44. The minimum Gasteiger partial charge on any atom is -0.455 e. The van der Waals surface area contributed by atoms with E-state index in [2.05, 4.69) is 183 Å². The smallest absolute Gasteiger partial charge is 0.143 e. The number of nitrogens with zero attached hydrogens (tertiary/aromatic N) is 1. The summed E-state index contributed by atoms with van der Waals surface area (Å²) < 4.78 is 6.98. The molecule has 7 aromatic carbocycles. The normalized spacial score (nSPS) is 13.0. The fraction of sp³-hybridized carbons (Fsp3) is 0.176. The summed E-state index contributed by atoms with van der Waals surface area (Å²) in [5.74, 6) is 0. The van der Waals surface area contributed by atoms with Crippen LogP contribution in [0, 0.1) is 0 Å². The molecule has 0 N–H and O–H groups in total. The first kappa shape index (κ1) is 33.0. The van der Waals surface area contributed by atoms with Crippen LogP contribution in [0.2, 0.25) is 0 Å². The summed E-state index contributed by atoms with van der Waals surface area (Å²) in [6.07, 6.45) is 5.95. The van der Waals surface area contributed by atoms with Crippen LogP contribution in [0.3, 0.4) is 0 Å². The molecular weight excluding hydrogens is 643 g/mol. The third-order valence-corrected chi connectivity index (χ3v) is 11.4. The Labute approximate surface area is 313 Å². The number of fused-ring (bicyclic) bond motifs is 7. The number of hydrogen-bond donors (Lipinski definition) is 0. The number of unbranched alkanes of at least 4 members (excludes halogenated alkanes) is 3. The number of furan rings is 1. The summed E-state index contributed by atoms with van der Waals surface area (Å²) in [7, 11) is 0. The maximum absolute atomic E-state index is 6.98. The third kappa shape index (κ3) is 5.83. The highest BCUT2D eigenvalue weighted by molar-refractivity contribution is 6.14. The molecule has 2 heteroatoms. The number of anilines is 3. The van der Waals surface area contributed by atoms with Crippen LogP contribution < -0.4 is 4.90 Å². The lowest BCUT2D eigenvalue weighted by Crippen LogP contribution is -2.15. The van der Waals surface area contributed by atoms with E-state index in [4.69, 9.17) is 4.42 Å². The zero-order valence-electron chi connectivity index (χ0n) is 30.9. The highest BCUT2D eigenvalue weighted by Crippen LogP contribution is 2.54. The van der Waals surface area contributed by atoms with Crippen molar-refractivity contribution in [1.82, 2.24) is 0 Å². The summed E-state index contributed by atoms with van der Waals surface area (Å²) in [6.45, 7) is 7.03. The molecule has 2 nitrogen and oxygen atoms in total. The molecule has 8 aromatic rings. The van der Waals surface area contributed by atoms with Gasteiger partial charge in [0.05, 0.1) is 0 Å². The zero-order valence-corrected chi connectivity index (χ0v) is 30.9. The first-order valence-corrected chi connectivity index (χ1v) is 19.2. The molecule has 53 heavy (non-hydrogen) atoms. The van der Waals surface area contributed by atoms with Crippen LogP contribution in [-0.4, -0.2) is 0 Å². The standard InChI is InChI=1S/C51H45NO/c1-4-5-6-9-21-39-33-46-49(43-24-14-15-25-45(43)51(46,2)3)50-48(39)44-34-42(30-31-47(44)53-50)52(40-28-26-37(27-29-40)35-17-10-7-11-18-35)41-23-16-22-38(32-41)36-19-12-8-13-20-36/h7-8,10-20,22-34H,4-6,9,21H2,1-3H3. The van der Waals surface area contributed by atoms with Crippen molar-refractivity contribution >= 4 is 39.0 Å². The molecule has 9 rings (SSSR count). The quantitative estimate of drug-likeness (QED) is 0.133. The van der Waals surface area contributed by atoms with E-state index in [1.165, 1.54) is 86.5 Å². The summed E-state index contributed by atoms with van der Waals surface area (Å²) >= 11 is 0. The van der Waals surface area contributed by atoms with Crippen LogP contribution >= 0.6 is 0 Å². The van der Waals surface area contributed by atoms with Crippen molar-refractivity contribution in [2.75, 3.05) is 4.90 Å². The summed E-state index contributed by atoms with van der Waals surface area (Å²) in [5.41, 5.74) is 16.7. The molecule has 0 radical (unpaired) electrons. The van der Waals surface area contributed by atoms with E-state index in [9.17, 15) is 0 Å². The van der Waals surface area contributed by atoms with Crippen molar-refractivity contribution < 1.29 is 4.42 Å². The summed E-state index contributed by atoms with van der Waals surface area (Å²) in [6, 6.07) is 57.4. The van der Waals surface area contributed by atoms with E-state index in [1.807, 2.05) is 0 Å². The third-order valence-electron chi connectivity index (χ3n) is 11.4. The van der Waals surface area contributed by atoms with Crippen molar-refractivity contribution in [3.05, 3.63) is 174 Å². The molecule has 0 aliphatic heterocycles. The second kappa shape index (κ2) is 13.6. The largest absolute Gasteiger partial charge is 0.455 e. The molecule has 0 saturated heterocycles. The van der Waals surface area contributed by atoms with Gasteiger partial charge >= 0.3 is 0 Å². The van der Waals surface area contributed by atoms with Crippen LogP contribution in [0.25, 0.3) is 55.3 Å². The van der Waals surface area contributed by atoms with Crippen molar-refractivity contribution in [2.24, 2.45) is 0 Å². The topological polar surface area (TPSA) is 16.4 Å². The average Bonchev–Trinajstić information content (AvgIpc) is 3.70. The molecule has 0 amide bonds. The highest BCUT2D eigenvalue weighted by Gasteiger charge is 2.38. The fourth-order valence-corrected chi connectivity index (χ4v) is 8.59. The molecule has 1 aliphatic carbocycles. The van der Waals surface area contributed by atoms with Gasteiger partial charge in [-0.2, -0.15) is 0 Å². The van der Waals surface area contributed by atoms with Gasteiger partial charge in [-0.25, -0.2) is 0 Å². The Bertz CT molecular complexity index is 2560. The lowest BCUT2D eigenvalue weighted by atomic mass is 9.81. The lowest BCUT2D eigenvalue weighted by Gasteiger charge is -2.26. The van der Waals surface area contributed by atoms with Crippen LogP contribution in [0.5, 0.6) is 0 Å². The summed E-state index contributed by atoms with van der Waals surface area (Å²) in [4.78, 5) is 2.40. The van der Waals surface area contributed by atoms with E-state index < -0.39 is 0 Å². The van der Waals surface area contributed by atoms with Gasteiger partial charge in [-0.15, -0.1) is 0 Å². The fourth-order valence-electron chi connectivity index (χ4n) is 8.59. The van der Waals surface area contributed by atoms with Gasteiger partial charge in [0.2, 0.25) is 0 Å². The molecule has 0 fully saturated rings. The zero-order chi connectivity index (χ0) is 35.9. The van der Waals surface area contributed by atoms with Gasteiger partial charge in [0.25, 0.3) is 0 Å². The maximum Gasteiger partial charge on any atom is 0.143 e. The van der Waals surface area contributed by atoms with Crippen LogP contribution in [0.15, 0.2) is 162 Å². The van der Waals surface area contributed by atoms with E-state index >= 15 is 0 Å². The number of benzene rings is 7. The van der Waals surface area contributed by atoms with Crippen molar-refractivity contribution in [3.8, 4) is 33.4 Å². The van der Waals surface area contributed by atoms with Gasteiger partial charge < -0.3 is 9.32 Å². The van der Waals surface area contributed by atoms with Gasteiger partial charge in [-0.1, -0.05) is 155 Å². The Morgan fingerprint density at radius 3 is 1.92 bits per heavy atom. The molecule has 0 bridgehead atoms. The molecule has 0 unspecified atom stereocenters. The number of rotatable bonds is 10. The van der Waals surface area contributed by atoms with Crippen LogP contribution in [0.4, 0.5) is 17.1 Å².